The van der Waals surface area contributed by atoms with E-state index in [1.54, 1.807) is 6.92 Å². The van der Waals surface area contributed by atoms with E-state index in [4.69, 9.17) is 9.47 Å². The van der Waals surface area contributed by atoms with Crippen LogP contribution in [0.1, 0.15) is 22.8 Å². The molecular formula is C16H14F3NO3. The number of benzene rings is 1. The number of rotatable bonds is 6. The molecule has 0 aliphatic carbocycles. The first-order valence-electron chi connectivity index (χ1n) is 6.81. The van der Waals surface area contributed by atoms with E-state index in [1.165, 1.54) is 30.5 Å². The molecule has 23 heavy (non-hydrogen) atoms. The third-order valence-electron chi connectivity index (χ3n) is 2.91. The van der Waals surface area contributed by atoms with E-state index in [9.17, 15) is 18.0 Å². The van der Waals surface area contributed by atoms with Gasteiger partial charge in [-0.25, -0.2) is 14.2 Å². The van der Waals surface area contributed by atoms with Crippen molar-refractivity contribution in [3.63, 3.8) is 0 Å². The van der Waals surface area contributed by atoms with E-state index in [0.717, 1.165) is 12.1 Å². The van der Waals surface area contributed by atoms with Crippen LogP contribution in [0.3, 0.4) is 0 Å². The Labute approximate surface area is 130 Å². The Morgan fingerprint density at radius 2 is 1.87 bits per heavy atom. The van der Waals surface area contributed by atoms with Crippen LogP contribution in [0.25, 0.3) is 0 Å². The molecule has 0 saturated heterocycles. The number of ether oxygens (including phenoxy) is 2. The van der Waals surface area contributed by atoms with Crippen LogP contribution in [0.4, 0.5) is 13.2 Å². The molecule has 0 N–H and O–H groups in total. The fourth-order valence-corrected chi connectivity index (χ4v) is 1.74. The average molecular weight is 325 g/mol. The Hall–Kier alpha value is -2.57. The molecule has 0 aliphatic rings. The summed E-state index contributed by atoms with van der Waals surface area (Å²) in [5, 5.41) is 0. The molecule has 0 unspecified atom stereocenters. The largest absolute Gasteiger partial charge is 0.462 e. The molecule has 0 saturated carbocycles. The summed E-state index contributed by atoms with van der Waals surface area (Å²) in [5.74, 6) is -3.56. The predicted molar refractivity (Wildman–Crippen MR) is 76.6 cm³/mol. The van der Waals surface area contributed by atoms with E-state index in [2.05, 4.69) is 4.98 Å². The van der Waals surface area contributed by atoms with Crippen molar-refractivity contribution >= 4 is 5.97 Å². The lowest BCUT2D eigenvalue weighted by Crippen LogP contribution is -2.15. The van der Waals surface area contributed by atoms with Crippen molar-refractivity contribution in [3.8, 4) is 11.6 Å². The Morgan fingerprint density at radius 3 is 2.39 bits per heavy atom. The number of alkyl halides is 3. The topological polar surface area (TPSA) is 48.4 Å². The normalized spacial score (nSPS) is 11.1. The highest BCUT2D eigenvalue weighted by Gasteiger charge is 2.31. The second kappa shape index (κ2) is 7.13. The van der Waals surface area contributed by atoms with Gasteiger partial charge in [0.2, 0.25) is 5.88 Å². The van der Waals surface area contributed by atoms with E-state index < -0.39 is 24.1 Å². The lowest BCUT2D eigenvalue weighted by Gasteiger charge is -2.13. The first kappa shape index (κ1) is 16.8. The SMILES string of the molecule is CCOC(=O)c1ccc(Oc2ccc(C(F)(F)CF)cc2)nc1. The van der Waals surface area contributed by atoms with Crippen molar-refractivity contribution in [1.29, 1.82) is 0 Å². The Morgan fingerprint density at radius 1 is 1.17 bits per heavy atom. The van der Waals surface area contributed by atoms with Gasteiger partial charge in [-0.1, -0.05) is 0 Å². The van der Waals surface area contributed by atoms with Crippen LogP contribution < -0.4 is 4.74 Å². The molecule has 0 atom stereocenters. The molecule has 4 nitrogen and oxygen atoms in total. The first-order valence-corrected chi connectivity index (χ1v) is 6.81. The van der Waals surface area contributed by atoms with E-state index in [1.807, 2.05) is 0 Å². The molecule has 0 fully saturated rings. The maximum atomic E-state index is 13.2. The first-order chi connectivity index (χ1) is 11.0. The monoisotopic (exact) mass is 325 g/mol. The third kappa shape index (κ3) is 4.21. The number of esters is 1. The maximum Gasteiger partial charge on any atom is 0.339 e. The minimum atomic E-state index is -3.52. The van der Waals surface area contributed by atoms with Crippen molar-refractivity contribution < 1.29 is 27.4 Å². The number of carbonyl (C=O) groups is 1. The van der Waals surface area contributed by atoms with Gasteiger partial charge in [0.1, 0.15) is 5.75 Å². The second-order valence-electron chi connectivity index (χ2n) is 4.57. The minimum absolute atomic E-state index is 0.183. The van der Waals surface area contributed by atoms with Gasteiger partial charge in [0.05, 0.1) is 12.2 Å². The zero-order chi connectivity index (χ0) is 16.9. The van der Waals surface area contributed by atoms with Crippen LogP contribution in [-0.4, -0.2) is 24.2 Å². The van der Waals surface area contributed by atoms with Gasteiger partial charge in [-0.15, -0.1) is 0 Å². The summed E-state index contributed by atoms with van der Waals surface area (Å²) < 4.78 is 48.7. The van der Waals surface area contributed by atoms with Gasteiger partial charge in [0, 0.05) is 17.8 Å². The van der Waals surface area contributed by atoms with Crippen LogP contribution in [-0.2, 0) is 10.7 Å². The molecule has 1 aromatic carbocycles. The highest BCUT2D eigenvalue weighted by molar-refractivity contribution is 5.89. The Balaban J connectivity index is 2.06. The van der Waals surface area contributed by atoms with Crippen LogP contribution >= 0.6 is 0 Å². The number of halogens is 3. The average Bonchev–Trinajstić information content (AvgIpc) is 2.56. The van der Waals surface area contributed by atoms with Crippen LogP contribution in [0.2, 0.25) is 0 Å². The summed E-state index contributed by atoms with van der Waals surface area (Å²) >= 11 is 0. The Bertz CT molecular complexity index is 657. The number of pyridine rings is 1. The molecule has 7 heteroatoms. The van der Waals surface area contributed by atoms with Gasteiger partial charge in [-0.2, -0.15) is 8.78 Å². The molecule has 2 aromatic rings. The smallest absolute Gasteiger partial charge is 0.339 e. The zero-order valence-electron chi connectivity index (χ0n) is 12.3. The number of carbonyl (C=O) groups excluding carboxylic acids is 1. The van der Waals surface area contributed by atoms with Gasteiger partial charge in [0.25, 0.3) is 0 Å². The van der Waals surface area contributed by atoms with Crippen molar-refractivity contribution in [2.75, 3.05) is 13.3 Å². The van der Waals surface area contributed by atoms with Gasteiger partial charge in [-0.3, -0.25) is 0 Å². The van der Waals surface area contributed by atoms with Gasteiger partial charge in [-0.05, 0) is 37.3 Å². The van der Waals surface area contributed by atoms with Crippen LogP contribution in [0.15, 0.2) is 42.6 Å². The fourth-order valence-electron chi connectivity index (χ4n) is 1.74. The molecule has 2 rings (SSSR count). The van der Waals surface area contributed by atoms with Crippen molar-refractivity contribution in [2.24, 2.45) is 0 Å². The van der Waals surface area contributed by atoms with Crippen LogP contribution in [0.5, 0.6) is 11.6 Å². The lowest BCUT2D eigenvalue weighted by molar-refractivity contribution is -0.0281. The van der Waals surface area contributed by atoms with E-state index in [0.29, 0.717) is 0 Å². The minimum Gasteiger partial charge on any atom is -0.462 e. The summed E-state index contributed by atoms with van der Waals surface area (Å²) in [6.45, 7) is 0.190. The summed E-state index contributed by atoms with van der Waals surface area (Å²) in [7, 11) is 0. The molecule has 0 aliphatic heterocycles. The molecule has 1 heterocycles. The molecule has 0 amide bonds. The fraction of sp³-hybridized carbons (Fsp3) is 0.250. The summed E-state index contributed by atoms with van der Waals surface area (Å²) in [6.07, 6.45) is 1.29. The standard InChI is InChI=1S/C16H14F3NO3/c1-2-22-15(21)11-3-8-14(20-9-11)23-13-6-4-12(5-7-13)16(18,19)10-17/h3-9H,2,10H2,1H3. The molecule has 0 radical (unpaired) electrons. The van der Waals surface area contributed by atoms with Gasteiger partial charge in [0.15, 0.2) is 6.67 Å². The van der Waals surface area contributed by atoms with Crippen molar-refractivity contribution in [2.45, 2.75) is 12.8 Å². The predicted octanol–water partition coefficient (Wildman–Crippen LogP) is 4.11. The van der Waals surface area contributed by atoms with Gasteiger partial charge < -0.3 is 9.47 Å². The van der Waals surface area contributed by atoms with Crippen molar-refractivity contribution in [3.05, 3.63) is 53.7 Å². The van der Waals surface area contributed by atoms with Crippen molar-refractivity contribution in [1.82, 2.24) is 4.98 Å². The molecule has 122 valence electrons. The number of aromatic nitrogens is 1. The lowest BCUT2D eigenvalue weighted by atomic mass is 10.1. The van der Waals surface area contributed by atoms with Crippen LogP contribution in [0, 0.1) is 0 Å². The van der Waals surface area contributed by atoms with E-state index in [-0.39, 0.29) is 23.8 Å². The second-order valence-corrected chi connectivity index (χ2v) is 4.57. The zero-order valence-corrected chi connectivity index (χ0v) is 12.3. The quantitative estimate of drug-likeness (QED) is 0.750. The molecular weight excluding hydrogens is 311 g/mol. The molecule has 0 spiro atoms. The number of hydrogen-bond donors (Lipinski definition) is 0. The number of hydrogen-bond acceptors (Lipinski definition) is 4. The Kier molecular flexibility index (Phi) is 5.20. The highest BCUT2D eigenvalue weighted by atomic mass is 19.3. The van der Waals surface area contributed by atoms with E-state index >= 15 is 0 Å². The third-order valence-corrected chi connectivity index (χ3v) is 2.91. The summed E-state index contributed by atoms with van der Waals surface area (Å²) in [5.41, 5.74) is -0.157. The summed E-state index contributed by atoms with van der Waals surface area (Å²) in [4.78, 5) is 15.4. The molecule has 1 aromatic heterocycles. The maximum absolute atomic E-state index is 13.2. The number of nitrogens with zero attached hydrogens (tertiary/aromatic N) is 1. The van der Waals surface area contributed by atoms with Gasteiger partial charge >= 0.3 is 11.9 Å². The molecule has 0 bridgehead atoms. The highest BCUT2D eigenvalue weighted by Crippen LogP contribution is 2.30. The summed E-state index contributed by atoms with van der Waals surface area (Å²) in [6, 6.07) is 7.69.